The molecule has 0 spiro atoms. The van der Waals surface area contributed by atoms with Gasteiger partial charge in [0.25, 0.3) is 0 Å². The Bertz CT molecular complexity index is 634. The molecule has 0 bridgehead atoms. The number of fused-ring (bicyclic) bond motifs is 1. The van der Waals surface area contributed by atoms with Crippen molar-refractivity contribution in [3.05, 3.63) is 23.8 Å². The molecule has 132 valence electrons. The molecule has 2 heterocycles. The van der Waals surface area contributed by atoms with E-state index in [9.17, 15) is 4.79 Å². The van der Waals surface area contributed by atoms with Crippen LogP contribution in [0.1, 0.15) is 45.6 Å². The lowest BCUT2D eigenvalue weighted by Crippen LogP contribution is -2.49. The second-order valence-electron chi connectivity index (χ2n) is 7.22. The zero-order chi connectivity index (χ0) is 17.5. The first-order valence-electron chi connectivity index (χ1n) is 8.35. The molecule has 1 fully saturated rings. The summed E-state index contributed by atoms with van der Waals surface area (Å²) < 4.78 is 9.96. The van der Waals surface area contributed by atoms with E-state index in [1.165, 1.54) is 26.2 Å². The second-order valence-corrected chi connectivity index (χ2v) is 8.93. The maximum Gasteiger partial charge on any atom is 0.347 e. The van der Waals surface area contributed by atoms with Crippen molar-refractivity contribution < 1.29 is 14.3 Å². The van der Waals surface area contributed by atoms with Crippen LogP contribution in [-0.2, 0) is 10.2 Å². The summed E-state index contributed by atoms with van der Waals surface area (Å²) in [6.07, 6.45) is 3.70. The summed E-state index contributed by atoms with van der Waals surface area (Å²) >= 11 is 11.6. The summed E-state index contributed by atoms with van der Waals surface area (Å²) in [6, 6.07) is 5.42. The van der Waals surface area contributed by atoms with E-state index in [0.29, 0.717) is 5.75 Å². The summed E-state index contributed by atoms with van der Waals surface area (Å²) in [5, 5.41) is 0. The predicted octanol–water partition coefficient (Wildman–Crippen LogP) is 4.27. The molecule has 0 aliphatic carbocycles. The minimum Gasteiger partial charge on any atom is -0.474 e. The van der Waals surface area contributed by atoms with Gasteiger partial charge in [-0.25, -0.2) is 4.79 Å². The second kappa shape index (κ2) is 6.40. The summed E-state index contributed by atoms with van der Waals surface area (Å²) in [4.78, 5) is 14.3. The molecule has 0 N–H and O–H groups in total. The third-order valence-electron chi connectivity index (χ3n) is 4.79. The molecule has 0 radical (unpaired) electrons. The van der Waals surface area contributed by atoms with Gasteiger partial charge in [-0.15, -0.1) is 0 Å². The molecule has 2 aliphatic rings. The molecule has 1 unspecified atom stereocenters. The van der Waals surface area contributed by atoms with Gasteiger partial charge in [-0.2, -0.15) is 0 Å². The van der Waals surface area contributed by atoms with Crippen LogP contribution in [0.15, 0.2) is 18.2 Å². The Morgan fingerprint density at radius 3 is 2.58 bits per heavy atom. The molecule has 6 heteroatoms. The lowest BCUT2D eigenvalue weighted by atomic mass is 9.83. The van der Waals surface area contributed by atoms with Crippen molar-refractivity contribution in [3.63, 3.8) is 0 Å². The zero-order valence-corrected chi connectivity index (χ0v) is 15.8. The van der Waals surface area contributed by atoms with Gasteiger partial charge in [0, 0.05) is 24.1 Å². The highest BCUT2D eigenvalue weighted by Gasteiger charge is 2.45. The van der Waals surface area contributed by atoms with Crippen LogP contribution in [-0.4, -0.2) is 34.5 Å². The highest BCUT2D eigenvalue weighted by molar-refractivity contribution is 6.57. The number of esters is 1. The normalized spacial score (nSPS) is 23.5. The number of halogens is 2. The smallest absolute Gasteiger partial charge is 0.347 e. The topological polar surface area (TPSA) is 38.8 Å². The summed E-state index contributed by atoms with van der Waals surface area (Å²) in [5.74, 6) is 0.590. The third-order valence-corrected chi connectivity index (χ3v) is 5.10. The lowest BCUT2D eigenvalue weighted by molar-refractivity contribution is -0.134. The average molecular weight is 372 g/mol. The van der Waals surface area contributed by atoms with E-state index in [1.54, 1.807) is 6.07 Å². The maximum absolute atomic E-state index is 11.9. The number of piperidine rings is 1. The van der Waals surface area contributed by atoms with Gasteiger partial charge < -0.3 is 9.47 Å². The number of carbonyl (C=O) groups excluding carboxylic acids is 1. The van der Waals surface area contributed by atoms with E-state index in [4.69, 9.17) is 32.7 Å². The van der Waals surface area contributed by atoms with Crippen molar-refractivity contribution in [2.45, 2.75) is 56.0 Å². The molecule has 2 aliphatic heterocycles. The first-order chi connectivity index (χ1) is 11.2. The van der Waals surface area contributed by atoms with Crippen LogP contribution in [0.25, 0.3) is 0 Å². The van der Waals surface area contributed by atoms with E-state index in [-0.39, 0.29) is 11.6 Å². The van der Waals surface area contributed by atoms with Crippen LogP contribution in [0.5, 0.6) is 11.5 Å². The van der Waals surface area contributed by atoms with Crippen molar-refractivity contribution in [1.29, 1.82) is 0 Å². The maximum atomic E-state index is 11.9. The van der Waals surface area contributed by atoms with E-state index < -0.39 is 10.3 Å². The Kier molecular flexibility index (Phi) is 4.75. The van der Waals surface area contributed by atoms with Crippen LogP contribution in [0.3, 0.4) is 0 Å². The quantitative estimate of drug-likeness (QED) is 0.451. The van der Waals surface area contributed by atoms with Gasteiger partial charge in [0.1, 0.15) is 11.5 Å². The Labute approximate surface area is 153 Å². The summed E-state index contributed by atoms with van der Waals surface area (Å²) in [7, 11) is 0. The Hall–Kier alpha value is -0.970. The highest BCUT2D eigenvalue weighted by atomic mass is 35.5. The van der Waals surface area contributed by atoms with Gasteiger partial charge in [0.2, 0.25) is 4.33 Å². The molecular formula is C18H23Cl2NO3. The standard InChI is InChI=1S/C18H23Cl2NO3/c1-17(2)13-11-12(23-16(22)18(3,19)20)7-8-14(13)24-15(17)21-9-5-4-6-10-21/h7-8,11,15H,4-6,9-10H2,1-3H3. The van der Waals surface area contributed by atoms with Crippen molar-refractivity contribution in [2.24, 2.45) is 0 Å². The monoisotopic (exact) mass is 371 g/mol. The van der Waals surface area contributed by atoms with Crippen LogP contribution in [0, 0.1) is 0 Å². The molecule has 1 atom stereocenters. The van der Waals surface area contributed by atoms with Gasteiger partial charge in [0.05, 0.1) is 0 Å². The molecule has 1 aromatic rings. The Morgan fingerprint density at radius 2 is 1.96 bits per heavy atom. The number of hydrogen-bond acceptors (Lipinski definition) is 4. The number of ether oxygens (including phenoxy) is 2. The third kappa shape index (κ3) is 3.37. The fraction of sp³-hybridized carbons (Fsp3) is 0.611. The largest absolute Gasteiger partial charge is 0.474 e. The van der Waals surface area contributed by atoms with Crippen molar-refractivity contribution in [1.82, 2.24) is 4.90 Å². The van der Waals surface area contributed by atoms with E-state index in [0.717, 1.165) is 24.4 Å². The van der Waals surface area contributed by atoms with E-state index in [2.05, 4.69) is 18.7 Å². The van der Waals surface area contributed by atoms with Gasteiger partial charge in [0.15, 0.2) is 6.23 Å². The van der Waals surface area contributed by atoms with Crippen LogP contribution in [0.4, 0.5) is 0 Å². The minimum absolute atomic E-state index is 0.00470. The molecular weight excluding hydrogens is 349 g/mol. The fourth-order valence-electron chi connectivity index (χ4n) is 3.46. The molecule has 4 nitrogen and oxygen atoms in total. The number of benzene rings is 1. The fourth-order valence-corrected chi connectivity index (χ4v) is 3.54. The number of alkyl halides is 2. The molecule has 0 amide bonds. The van der Waals surface area contributed by atoms with Gasteiger partial charge in [-0.1, -0.05) is 43.5 Å². The summed E-state index contributed by atoms with van der Waals surface area (Å²) in [6.45, 7) is 7.83. The molecule has 0 saturated carbocycles. The minimum atomic E-state index is -1.57. The van der Waals surface area contributed by atoms with Crippen LogP contribution >= 0.6 is 23.2 Å². The van der Waals surface area contributed by atoms with Crippen LogP contribution < -0.4 is 9.47 Å². The molecule has 0 aromatic heterocycles. The first kappa shape index (κ1) is 17.8. The van der Waals surface area contributed by atoms with Crippen molar-refractivity contribution >= 4 is 29.2 Å². The number of likely N-dealkylation sites (tertiary alicyclic amines) is 1. The van der Waals surface area contributed by atoms with Crippen LogP contribution in [0.2, 0.25) is 0 Å². The summed E-state index contributed by atoms with van der Waals surface area (Å²) in [5.41, 5.74) is 0.842. The molecule has 1 saturated heterocycles. The SMILES string of the molecule is CC(Cl)(Cl)C(=O)Oc1ccc2c(c1)C(C)(C)C(N1CCCCC1)O2. The Morgan fingerprint density at radius 1 is 1.29 bits per heavy atom. The van der Waals surface area contributed by atoms with Crippen molar-refractivity contribution in [3.8, 4) is 11.5 Å². The van der Waals surface area contributed by atoms with Gasteiger partial charge in [-0.3, -0.25) is 4.90 Å². The molecule has 1 aromatic carbocycles. The number of carbonyl (C=O) groups is 1. The Balaban J connectivity index is 1.83. The lowest BCUT2D eigenvalue weighted by Gasteiger charge is -2.38. The molecule has 3 rings (SSSR count). The highest BCUT2D eigenvalue weighted by Crippen LogP contribution is 2.46. The van der Waals surface area contributed by atoms with Gasteiger partial charge >= 0.3 is 5.97 Å². The van der Waals surface area contributed by atoms with E-state index >= 15 is 0 Å². The van der Waals surface area contributed by atoms with Gasteiger partial charge in [-0.05, 0) is 38.0 Å². The van der Waals surface area contributed by atoms with E-state index in [1.807, 2.05) is 12.1 Å². The first-order valence-corrected chi connectivity index (χ1v) is 9.10. The van der Waals surface area contributed by atoms with Crippen molar-refractivity contribution in [2.75, 3.05) is 13.1 Å². The molecule has 24 heavy (non-hydrogen) atoms. The zero-order valence-electron chi connectivity index (χ0n) is 14.3. The number of hydrogen-bond donors (Lipinski definition) is 0. The number of rotatable bonds is 3. The average Bonchev–Trinajstić information content (AvgIpc) is 2.78. The predicted molar refractivity (Wildman–Crippen MR) is 95.1 cm³/mol. The number of nitrogens with zero attached hydrogens (tertiary/aromatic N) is 1.